The van der Waals surface area contributed by atoms with Gasteiger partial charge in [0.25, 0.3) is 0 Å². The number of rotatable bonds is 2. The zero-order valence-electron chi connectivity index (χ0n) is 16.4. The molecular weight excluding hydrogens is 358 g/mol. The third-order valence-corrected chi connectivity index (χ3v) is 7.20. The summed E-state index contributed by atoms with van der Waals surface area (Å²) in [6, 6.07) is 22.3. The first-order chi connectivity index (χ1) is 14.3. The zero-order valence-corrected chi connectivity index (χ0v) is 16.4. The Kier molecular flexibility index (Phi) is 3.72. The van der Waals surface area contributed by atoms with Crippen LogP contribution in [0.1, 0.15) is 35.4 Å². The molecule has 1 spiro atoms. The second kappa shape index (κ2) is 6.33. The van der Waals surface area contributed by atoms with Crippen molar-refractivity contribution in [3.63, 3.8) is 0 Å². The van der Waals surface area contributed by atoms with Gasteiger partial charge in [0, 0.05) is 24.7 Å². The summed E-state index contributed by atoms with van der Waals surface area (Å²) in [4.78, 5) is 14.8. The van der Waals surface area contributed by atoms with Crippen LogP contribution in [0.3, 0.4) is 0 Å². The van der Waals surface area contributed by atoms with Crippen LogP contribution in [0, 0.1) is 0 Å². The minimum absolute atomic E-state index is 0.170. The van der Waals surface area contributed by atoms with Gasteiger partial charge in [0.1, 0.15) is 5.54 Å². The van der Waals surface area contributed by atoms with Crippen LogP contribution in [0.5, 0.6) is 0 Å². The lowest BCUT2D eigenvalue weighted by Crippen LogP contribution is -2.54. The van der Waals surface area contributed by atoms with Crippen LogP contribution in [0.15, 0.2) is 60.7 Å². The van der Waals surface area contributed by atoms with Crippen molar-refractivity contribution in [1.29, 1.82) is 0 Å². The summed E-state index contributed by atoms with van der Waals surface area (Å²) >= 11 is 0. The van der Waals surface area contributed by atoms with Gasteiger partial charge in [-0.05, 0) is 52.8 Å². The van der Waals surface area contributed by atoms with Crippen molar-refractivity contribution < 1.29 is 4.79 Å². The number of carbonyl (C=O) groups excluding carboxylic acids is 1. The molecule has 2 saturated heterocycles. The summed E-state index contributed by atoms with van der Waals surface area (Å²) in [5.41, 5.74) is 5.30. The van der Waals surface area contributed by atoms with E-state index >= 15 is 0 Å². The van der Waals surface area contributed by atoms with E-state index in [-0.39, 0.29) is 11.4 Å². The number of carbonyl (C=O) groups is 1. The highest BCUT2D eigenvalue weighted by Crippen LogP contribution is 2.45. The van der Waals surface area contributed by atoms with Crippen LogP contribution in [-0.4, -0.2) is 31.2 Å². The average Bonchev–Trinajstić information content (AvgIpc) is 3.31. The number of piperidine rings is 1. The van der Waals surface area contributed by atoms with Crippen molar-refractivity contribution >= 4 is 22.4 Å². The van der Waals surface area contributed by atoms with E-state index in [2.05, 4.69) is 76.2 Å². The summed E-state index contributed by atoms with van der Waals surface area (Å²) < 4.78 is 0. The molecule has 3 aliphatic rings. The Morgan fingerprint density at radius 2 is 1.66 bits per heavy atom. The van der Waals surface area contributed by atoms with Crippen LogP contribution in [0.4, 0.5) is 5.69 Å². The van der Waals surface area contributed by atoms with Gasteiger partial charge in [0.2, 0.25) is 5.91 Å². The number of para-hydroxylation sites is 1. The largest absolute Gasteiger partial charge is 0.371 e. The lowest BCUT2D eigenvalue weighted by molar-refractivity contribution is -0.124. The molecule has 2 fully saturated rings. The number of hydrogen-bond acceptors (Lipinski definition) is 3. The van der Waals surface area contributed by atoms with Crippen LogP contribution >= 0.6 is 0 Å². The van der Waals surface area contributed by atoms with Crippen molar-refractivity contribution in [3.8, 4) is 0 Å². The molecule has 1 amide bonds. The van der Waals surface area contributed by atoms with Gasteiger partial charge < -0.3 is 10.2 Å². The number of benzene rings is 3. The maximum atomic E-state index is 12.3. The van der Waals surface area contributed by atoms with Gasteiger partial charge in [-0.25, -0.2) is 0 Å². The minimum Gasteiger partial charge on any atom is -0.371 e. The van der Waals surface area contributed by atoms with Gasteiger partial charge in [-0.3, -0.25) is 10.1 Å². The van der Waals surface area contributed by atoms with Gasteiger partial charge in [-0.1, -0.05) is 54.6 Å². The first-order valence-corrected chi connectivity index (χ1v) is 10.6. The molecule has 0 saturated carbocycles. The molecule has 146 valence electrons. The van der Waals surface area contributed by atoms with Gasteiger partial charge >= 0.3 is 0 Å². The van der Waals surface area contributed by atoms with Crippen LogP contribution in [0.25, 0.3) is 10.8 Å². The molecule has 3 aromatic carbocycles. The Hall–Kier alpha value is -2.85. The van der Waals surface area contributed by atoms with Gasteiger partial charge in [0.15, 0.2) is 0 Å². The SMILES string of the molecule is O=C1NCNC12CCN(c1ccccc1C1Cc3cccc4cccc1c34)CC2. The summed E-state index contributed by atoms with van der Waals surface area (Å²) in [7, 11) is 0. The predicted octanol–water partition coefficient (Wildman–Crippen LogP) is 3.54. The van der Waals surface area contributed by atoms with E-state index in [0.29, 0.717) is 12.6 Å². The average molecular weight is 383 g/mol. The molecule has 0 bridgehead atoms. The molecule has 0 radical (unpaired) electrons. The first kappa shape index (κ1) is 17.0. The van der Waals surface area contributed by atoms with Crippen molar-refractivity contribution in [1.82, 2.24) is 10.6 Å². The fraction of sp³-hybridized carbons (Fsp3) is 0.320. The Balaban J connectivity index is 1.35. The van der Waals surface area contributed by atoms with E-state index in [4.69, 9.17) is 0 Å². The van der Waals surface area contributed by atoms with Crippen molar-refractivity contribution in [2.24, 2.45) is 0 Å². The molecule has 2 N–H and O–H groups in total. The maximum Gasteiger partial charge on any atom is 0.241 e. The number of nitrogens with zero attached hydrogens (tertiary/aromatic N) is 1. The zero-order chi connectivity index (χ0) is 19.4. The van der Waals surface area contributed by atoms with Crippen molar-refractivity contribution in [2.75, 3.05) is 24.7 Å². The topological polar surface area (TPSA) is 44.4 Å². The third kappa shape index (κ3) is 2.52. The van der Waals surface area contributed by atoms with E-state index in [9.17, 15) is 4.79 Å². The molecule has 1 unspecified atom stereocenters. The van der Waals surface area contributed by atoms with Crippen molar-refractivity contribution in [2.45, 2.75) is 30.7 Å². The Bertz CT molecular complexity index is 1110. The summed E-state index contributed by atoms with van der Waals surface area (Å²) in [6.07, 6.45) is 2.77. The molecule has 29 heavy (non-hydrogen) atoms. The fourth-order valence-corrected chi connectivity index (χ4v) is 5.66. The lowest BCUT2D eigenvalue weighted by atomic mass is 9.86. The number of hydrogen-bond donors (Lipinski definition) is 2. The Labute approximate surface area is 170 Å². The van der Waals surface area contributed by atoms with Crippen molar-refractivity contribution in [3.05, 3.63) is 77.4 Å². The minimum atomic E-state index is -0.360. The summed E-state index contributed by atoms with van der Waals surface area (Å²) in [5.74, 6) is 0.569. The van der Waals surface area contributed by atoms with E-state index in [1.807, 2.05) is 0 Å². The highest BCUT2D eigenvalue weighted by molar-refractivity contribution is 5.92. The van der Waals surface area contributed by atoms with E-state index in [1.165, 1.54) is 33.2 Å². The van der Waals surface area contributed by atoms with Gasteiger partial charge in [0.05, 0.1) is 6.67 Å². The standard InChI is InChI=1S/C25H25N3O/c29-24-25(27-16-26-24)11-13-28(14-12-25)22-10-2-1-8-19(22)21-15-18-7-3-5-17-6-4-9-20(21)23(17)18/h1-10,21,27H,11-16H2,(H,26,29). The second-order valence-electron chi connectivity index (χ2n) is 8.61. The number of nitrogens with one attached hydrogen (secondary N) is 2. The molecule has 3 aromatic rings. The van der Waals surface area contributed by atoms with E-state index in [0.717, 1.165) is 32.4 Å². The fourth-order valence-electron chi connectivity index (χ4n) is 5.66. The second-order valence-corrected chi connectivity index (χ2v) is 8.61. The number of amides is 1. The molecule has 4 nitrogen and oxygen atoms in total. The van der Waals surface area contributed by atoms with Crippen LogP contribution in [0.2, 0.25) is 0 Å². The maximum absolute atomic E-state index is 12.3. The third-order valence-electron chi connectivity index (χ3n) is 7.20. The van der Waals surface area contributed by atoms with Crippen LogP contribution in [-0.2, 0) is 11.2 Å². The summed E-state index contributed by atoms with van der Waals surface area (Å²) in [5, 5.41) is 9.13. The Morgan fingerprint density at radius 1 is 0.897 bits per heavy atom. The molecule has 4 heteroatoms. The highest BCUT2D eigenvalue weighted by atomic mass is 16.2. The number of anilines is 1. The molecule has 2 aliphatic heterocycles. The molecule has 0 aromatic heterocycles. The smallest absolute Gasteiger partial charge is 0.241 e. The monoisotopic (exact) mass is 383 g/mol. The molecule has 2 heterocycles. The molecule has 6 rings (SSSR count). The highest BCUT2D eigenvalue weighted by Gasteiger charge is 2.44. The Morgan fingerprint density at radius 3 is 2.45 bits per heavy atom. The van der Waals surface area contributed by atoms with E-state index < -0.39 is 0 Å². The molecular formula is C25H25N3O. The van der Waals surface area contributed by atoms with Crippen LogP contribution < -0.4 is 15.5 Å². The van der Waals surface area contributed by atoms with E-state index in [1.54, 1.807) is 0 Å². The van der Waals surface area contributed by atoms with Gasteiger partial charge in [-0.2, -0.15) is 0 Å². The normalized spacial score (nSPS) is 22.4. The van der Waals surface area contributed by atoms with Gasteiger partial charge in [-0.15, -0.1) is 0 Å². The first-order valence-electron chi connectivity index (χ1n) is 10.6. The predicted molar refractivity (Wildman–Crippen MR) is 116 cm³/mol. The molecule has 1 atom stereocenters. The summed E-state index contributed by atoms with van der Waals surface area (Å²) in [6.45, 7) is 2.41. The lowest BCUT2D eigenvalue weighted by Gasteiger charge is -2.39. The molecule has 1 aliphatic carbocycles. The quantitative estimate of drug-likeness (QED) is 0.711.